The average Bonchev–Trinajstić information content (AvgIpc) is 2.66. The van der Waals surface area contributed by atoms with Crippen LogP contribution >= 0.6 is 0 Å². The van der Waals surface area contributed by atoms with E-state index >= 15 is 0 Å². The Hall–Kier alpha value is -1.84. The van der Waals surface area contributed by atoms with Crippen LogP contribution in [-0.2, 0) is 6.42 Å². The van der Waals surface area contributed by atoms with Gasteiger partial charge >= 0.3 is 6.01 Å². The number of hydrogen-bond donors (Lipinski definition) is 1. The largest absolute Gasteiger partial charge is 0.333 e. The van der Waals surface area contributed by atoms with Crippen LogP contribution in [0.3, 0.4) is 0 Å². The number of aryl methyl sites for hydroxylation is 1. The highest BCUT2D eigenvalue weighted by atomic mass is 16.5. The number of benzene rings is 1. The SMILES string of the molecule is Cc1ccc(Cc2noc(NC(C)(C)C)n2)cc1. The smallest absolute Gasteiger partial charge is 0.321 e. The summed E-state index contributed by atoms with van der Waals surface area (Å²) < 4.78 is 5.16. The average molecular weight is 245 g/mol. The lowest BCUT2D eigenvalue weighted by Crippen LogP contribution is -2.26. The molecule has 0 aliphatic heterocycles. The van der Waals surface area contributed by atoms with Gasteiger partial charge in [-0.05, 0) is 33.3 Å². The van der Waals surface area contributed by atoms with E-state index in [4.69, 9.17) is 4.52 Å². The molecule has 2 rings (SSSR count). The third-order valence-corrected chi connectivity index (χ3v) is 2.43. The molecule has 0 bridgehead atoms. The van der Waals surface area contributed by atoms with E-state index < -0.39 is 0 Å². The van der Waals surface area contributed by atoms with Gasteiger partial charge in [0.25, 0.3) is 0 Å². The summed E-state index contributed by atoms with van der Waals surface area (Å²) in [5, 5.41) is 7.13. The van der Waals surface area contributed by atoms with Crippen LogP contribution in [0.2, 0.25) is 0 Å². The Morgan fingerprint density at radius 2 is 1.83 bits per heavy atom. The minimum atomic E-state index is -0.0757. The molecule has 1 aromatic carbocycles. The number of nitrogens with one attached hydrogen (secondary N) is 1. The molecule has 1 N–H and O–H groups in total. The number of hydrogen-bond acceptors (Lipinski definition) is 4. The lowest BCUT2D eigenvalue weighted by atomic mass is 10.1. The highest BCUT2D eigenvalue weighted by Crippen LogP contribution is 2.14. The Labute approximate surface area is 107 Å². The van der Waals surface area contributed by atoms with Crippen molar-refractivity contribution in [3.8, 4) is 0 Å². The van der Waals surface area contributed by atoms with Crippen molar-refractivity contribution >= 4 is 6.01 Å². The molecule has 0 atom stereocenters. The quantitative estimate of drug-likeness (QED) is 0.902. The summed E-state index contributed by atoms with van der Waals surface area (Å²) >= 11 is 0. The number of nitrogens with zero attached hydrogens (tertiary/aromatic N) is 2. The predicted molar refractivity (Wildman–Crippen MR) is 71.7 cm³/mol. The summed E-state index contributed by atoms with van der Waals surface area (Å²) in [6, 6.07) is 8.82. The van der Waals surface area contributed by atoms with Gasteiger partial charge in [0.05, 0.1) is 0 Å². The van der Waals surface area contributed by atoms with Crippen LogP contribution < -0.4 is 5.32 Å². The fourth-order valence-electron chi connectivity index (χ4n) is 1.59. The van der Waals surface area contributed by atoms with Crippen LogP contribution in [0.15, 0.2) is 28.8 Å². The molecule has 18 heavy (non-hydrogen) atoms. The van der Waals surface area contributed by atoms with Gasteiger partial charge < -0.3 is 9.84 Å². The fourth-order valence-corrected chi connectivity index (χ4v) is 1.59. The number of aromatic nitrogens is 2. The second kappa shape index (κ2) is 4.80. The molecule has 0 spiro atoms. The Morgan fingerprint density at radius 1 is 1.17 bits per heavy atom. The summed E-state index contributed by atoms with van der Waals surface area (Å²) in [7, 11) is 0. The van der Waals surface area contributed by atoms with Gasteiger partial charge in [0.1, 0.15) is 0 Å². The van der Waals surface area contributed by atoms with E-state index in [1.165, 1.54) is 11.1 Å². The highest BCUT2D eigenvalue weighted by Gasteiger charge is 2.14. The van der Waals surface area contributed by atoms with Gasteiger partial charge in [-0.1, -0.05) is 35.0 Å². The van der Waals surface area contributed by atoms with Crippen LogP contribution in [0.1, 0.15) is 37.7 Å². The minimum Gasteiger partial charge on any atom is -0.333 e. The molecule has 0 aliphatic carbocycles. The van der Waals surface area contributed by atoms with Gasteiger partial charge in [-0.2, -0.15) is 4.98 Å². The van der Waals surface area contributed by atoms with Crippen molar-refractivity contribution in [3.05, 3.63) is 41.2 Å². The fraction of sp³-hybridized carbons (Fsp3) is 0.429. The molecule has 0 radical (unpaired) electrons. The van der Waals surface area contributed by atoms with E-state index in [1.807, 2.05) is 0 Å². The molecule has 2 aromatic rings. The molecule has 0 aliphatic rings. The molecule has 0 fully saturated rings. The molecular weight excluding hydrogens is 226 g/mol. The lowest BCUT2D eigenvalue weighted by molar-refractivity contribution is 0.413. The Balaban J connectivity index is 2.04. The van der Waals surface area contributed by atoms with Crippen LogP contribution in [0.5, 0.6) is 0 Å². The first-order valence-corrected chi connectivity index (χ1v) is 6.09. The standard InChI is InChI=1S/C14H19N3O/c1-10-5-7-11(8-6-10)9-12-15-13(18-17-12)16-14(2,3)4/h5-8H,9H2,1-4H3,(H,15,16,17). The highest BCUT2D eigenvalue weighted by molar-refractivity contribution is 5.26. The molecule has 4 heteroatoms. The summed E-state index contributed by atoms with van der Waals surface area (Å²) in [5.41, 5.74) is 2.36. The van der Waals surface area contributed by atoms with E-state index in [0.717, 1.165) is 0 Å². The number of rotatable bonds is 3. The molecule has 4 nitrogen and oxygen atoms in total. The van der Waals surface area contributed by atoms with Gasteiger partial charge in [-0.25, -0.2) is 0 Å². The summed E-state index contributed by atoms with van der Waals surface area (Å²) in [5.74, 6) is 0.700. The lowest BCUT2D eigenvalue weighted by Gasteiger charge is -2.17. The molecule has 0 amide bonds. The van der Waals surface area contributed by atoms with Crippen molar-refractivity contribution in [2.75, 3.05) is 5.32 Å². The molecule has 0 saturated heterocycles. The van der Waals surface area contributed by atoms with Crippen molar-refractivity contribution in [3.63, 3.8) is 0 Å². The Bertz CT molecular complexity index is 509. The second-order valence-electron chi connectivity index (χ2n) is 5.55. The Kier molecular flexibility index (Phi) is 3.36. The van der Waals surface area contributed by atoms with E-state index in [0.29, 0.717) is 18.3 Å². The van der Waals surface area contributed by atoms with E-state index in [1.54, 1.807) is 0 Å². The molecule has 1 aromatic heterocycles. The molecular formula is C14H19N3O. The van der Waals surface area contributed by atoms with Gasteiger partial charge in [-0.3, -0.25) is 0 Å². The van der Waals surface area contributed by atoms with Gasteiger partial charge in [0.15, 0.2) is 5.82 Å². The molecule has 0 saturated carbocycles. The van der Waals surface area contributed by atoms with Crippen molar-refractivity contribution in [2.45, 2.75) is 39.7 Å². The number of anilines is 1. The predicted octanol–water partition coefficient (Wildman–Crippen LogP) is 3.18. The monoisotopic (exact) mass is 245 g/mol. The molecule has 0 unspecified atom stereocenters. The first-order chi connectivity index (χ1) is 8.42. The van der Waals surface area contributed by atoms with Crippen LogP contribution in [0.4, 0.5) is 6.01 Å². The maximum Gasteiger partial charge on any atom is 0.321 e. The van der Waals surface area contributed by atoms with Crippen molar-refractivity contribution in [1.82, 2.24) is 10.1 Å². The van der Waals surface area contributed by atoms with Crippen LogP contribution in [-0.4, -0.2) is 15.7 Å². The first-order valence-electron chi connectivity index (χ1n) is 6.09. The van der Waals surface area contributed by atoms with E-state index in [-0.39, 0.29) is 5.54 Å². The second-order valence-corrected chi connectivity index (χ2v) is 5.55. The summed E-state index contributed by atoms with van der Waals surface area (Å²) in [6.07, 6.45) is 0.690. The first kappa shape index (κ1) is 12.6. The summed E-state index contributed by atoms with van der Waals surface area (Å²) in [4.78, 5) is 4.32. The zero-order valence-electron chi connectivity index (χ0n) is 11.3. The topological polar surface area (TPSA) is 51.0 Å². The van der Waals surface area contributed by atoms with Gasteiger partial charge in [0.2, 0.25) is 0 Å². The van der Waals surface area contributed by atoms with Crippen molar-refractivity contribution in [1.29, 1.82) is 0 Å². The third kappa shape index (κ3) is 3.58. The maximum absolute atomic E-state index is 5.16. The maximum atomic E-state index is 5.16. The van der Waals surface area contributed by atoms with Gasteiger partial charge in [0, 0.05) is 12.0 Å². The van der Waals surface area contributed by atoms with Crippen molar-refractivity contribution < 1.29 is 4.52 Å². The summed E-state index contributed by atoms with van der Waals surface area (Å²) in [6.45, 7) is 8.23. The third-order valence-electron chi connectivity index (χ3n) is 2.43. The van der Waals surface area contributed by atoms with Crippen LogP contribution in [0.25, 0.3) is 0 Å². The van der Waals surface area contributed by atoms with Gasteiger partial charge in [-0.15, -0.1) is 0 Å². The normalized spacial score (nSPS) is 11.6. The van der Waals surface area contributed by atoms with E-state index in [2.05, 4.69) is 67.4 Å². The zero-order valence-corrected chi connectivity index (χ0v) is 11.3. The van der Waals surface area contributed by atoms with Crippen LogP contribution in [0, 0.1) is 6.92 Å². The zero-order chi connectivity index (χ0) is 13.2. The van der Waals surface area contributed by atoms with E-state index in [9.17, 15) is 0 Å². The van der Waals surface area contributed by atoms with Crippen molar-refractivity contribution in [2.24, 2.45) is 0 Å². The minimum absolute atomic E-state index is 0.0757. The molecule has 96 valence electrons. The Morgan fingerprint density at radius 3 is 2.44 bits per heavy atom. The molecule has 1 heterocycles.